The van der Waals surface area contributed by atoms with E-state index in [0.29, 0.717) is 18.0 Å². The minimum Gasteiger partial charge on any atom is -0.375 e. The monoisotopic (exact) mass is 428 g/mol. The Kier molecular flexibility index (Phi) is 6.34. The first-order valence-electron chi connectivity index (χ1n) is 12.5. The van der Waals surface area contributed by atoms with Gasteiger partial charge in [0, 0.05) is 44.2 Å². The number of hydrogen-bond acceptors (Lipinski definition) is 3. The zero-order chi connectivity index (χ0) is 21.3. The number of carbonyl (C=O) groups excluding carboxylic acids is 1. The van der Waals surface area contributed by atoms with Crippen LogP contribution < -0.4 is 0 Å². The maximum absolute atomic E-state index is 13.3. The fourth-order valence-corrected chi connectivity index (χ4v) is 6.14. The third-order valence-electron chi connectivity index (χ3n) is 8.17. The molecule has 0 bridgehead atoms. The van der Waals surface area contributed by atoms with Gasteiger partial charge in [0.15, 0.2) is 0 Å². The van der Waals surface area contributed by atoms with E-state index in [-0.39, 0.29) is 17.3 Å². The van der Waals surface area contributed by atoms with Crippen molar-refractivity contribution in [1.29, 1.82) is 0 Å². The number of ether oxygens (including phenoxy) is 1. The molecule has 2 saturated carbocycles. The molecule has 1 atom stereocenters. The van der Waals surface area contributed by atoms with Gasteiger partial charge in [-0.3, -0.25) is 9.69 Å². The predicted octanol–water partition coefficient (Wildman–Crippen LogP) is 4.91. The molecule has 0 radical (unpaired) electrons. The lowest BCUT2D eigenvalue weighted by atomic mass is 9.80. The molecule has 4 nitrogen and oxygen atoms in total. The standard InChI is InChI=1S/C26H37FN2O2/c27-22-8-6-20(7-9-22)19-29(23-10-11-23)24-12-17-31-26(18-24)13-15-28(16-14-26)25(30)21-4-2-1-3-5-21/h6-9,21,23-24H,1-5,10-19H2. The summed E-state index contributed by atoms with van der Waals surface area (Å²) in [6.07, 6.45) is 12.5. The molecule has 1 aromatic carbocycles. The van der Waals surface area contributed by atoms with E-state index in [2.05, 4.69) is 9.80 Å². The van der Waals surface area contributed by atoms with Crippen LogP contribution in [0.15, 0.2) is 24.3 Å². The van der Waals surface area contributed by atoms with Crippen LogP contribution in [-0.4, -0.2) is 53.1 Å². The van der Waals surface area contributed by atoms with Gasteiger partial charge in [-0.05, 0) is 69.1 Å². The van der Waals surface area contributed by atoms with Crippen molar-refractivity contribution < 1.29 is 13.9 Å². The molecule has 1 aromatic rings. The van der Waals surface area contributed by atoms with Crippen LogP contribution in [0.3, 0.4) is 0 Å². The van der Waals surface area contributed by atoms with Crippen LogP contribution in [0.5, 0.6) is 0 Å². The van der Waals surface area contributed by atoms with Gasteiger partial charge in [0.2, 0.25) is 5.91 Å². The zero-order valence-corrected chi connectivity index (χ0v) is 18.7. The van der Waals surface area contributed by atoms with Gasteiger partial charge in [-0.15, -0.1) is 0 Å². The van der Waals surface area contributed by atoms with E-state index in [1.165, 1.54) is 37.7 Å². The maximum Gasteiger partial charge on any atom is 0.225 e. The summed E-state index contributed by atoms with van der Waals surface area (Å²) in [5.41, 5.74) is 1.13. The van der Waals surface area contributed by atoms with Crippen molar-refractivity contribution in [3.8, 4) is 0 Å². The average Bonchev–Trinajstić information content (AvgIpc) is 3.65. The van der Waals surface area contributed by atoms with E-state index in [4.69, 9.17) is 4.74 Å². The molecule has 2 heterocycles. The smallest absolute Gasteiger partial charge is 0.225 e. The van der Waals surface area contributed by atoms with Crippen LogP contribution >= 0.6 is 0 Å². The third-order valence-corrected chi connectivity index (χ3v) is 8.17. The zero-order valence-electron chi connectivity index (χ0n) is 18.7. The fourth-order valence-electron chi connectivity index (χ4n) is 6.14. The molecule has 2 aliphatic carbocycles. The highest BCUT2D eigenvalue weighted by molar-refractivity contribution is 5.79. The number of likely N-dealkylation sites (tertiary alicyclic amines) is 1. The molecular weight excluding hydrogens is 391 g/mol. The van der Waals surface area contributed by atoms with Crippen molar-refractivity contribution in [3.63, 3.8) is 0 Å². The normalized spacial score (nSPS) is 27.0. The first-order valence-corrected chi connectivity index (χ1v) is 12.5. The van der Waals surface area contributed by atoms with Crippen molar-refractivity contribution in [3.05, 3.63) is 35.6 Å². The predicted molar refractivity (Wildman–Crippen MR) is 119 cm³/mol. The second-order valence-corrected chi connectivity index (χ2v) is 10.4. The molecule has 2 aliphatic heterocycles. The molecule has 5 rings (SSSR count). The van der Waals surface area contributed by atoms with Gasteiger partial charge in [0.1, 0.15) is 5.82 Å². The number of carbonyl (C=O) groups is 1. The second-order valence-electron chi connectivity index (χ2n) is 10.4. The summed E-state index contributed by atoms with van der Waals surface area (Å²) in [6, 6.07) is 8.19. The molecule has 2 saturated heterocycles. The SMILES string of the molecule is O=C(C1CCCCC1)N1CCC2(CC1)CC(N(Cc1ccc(F)cc1)C1CC1)CCO2. The van der Waals surface area contributed by atoms with E-state index in [1.807, 2.05) is 12.1 Å². The number of halogens is 1. The Morgan fingerprint density at radius 3 is 2.39 bits per heavy atom. The molecule has 0 aromatic heterocycles. The molecule has 0 N–H and O–H groups in total. The van der Waals surface area contributed by atoms with Crippen LogP contribution in [0, 0.1) is 11.7 Å². The van der Waals surface area contributed by atoms with Gasteiger partial charge in [-0.2, -0.15) is 0 Å². The second kappa shape index (κ2) is 9.19. The van der Waals surface area contributed by atoms with Gasteiger partial charge < -0.3 is 9.64 Å². The van der Waals surface area contributed by atoms with E-state index in [9.17, 15) is 9.18 Å². The molecule has 5 heteroatoms. The topological polar surface area (TPSA) is 32.8 Å². The quantitative estimate of drug-likeness (QED) is 0.668. The Balaban J connectivity index is 1.20. The number of benzene rings is 1. The lowest BCUT2D eigenvalue weighted by Crippen LogP contribution is -2.55. The number of rotatable bonds is 5. The number of hydrogen-bond donors (Lipinski definition) is 0. The summed E-state index contributed by atoms with van der Waals surface area (Å²) < 4.78 is 19.7. The fraction of sp³-hybridized carbons (Fsp3) is 0.731. The molecule has 4 aliphatic rings. The van der Waals surface area contributed by atoms with Crippen molar-refractivity contribution in [2.75, 3.05) is 19.7 Å². The van der Waals surface area contributed by atoms with Crippen LogP contribution in [0.2, 0.25) is 0 Å². The highest BCUT2D eigenvalue weighted by Crippen LogP contribution is 2.41. The average molecular weight is 429 g/mol. The van der Waals surface area contributed by atoms with Gasteiger partial charge in [0.05, 0.1) is 5.60 Å². The summed E-state index contributed by atoms with van der Waals surface area (Å²) in [5.74, 6) is 0.503. The third kappa shape index (κ3) is 4.98. The van der Waals surface area contributed by atoms with Gasteiger partial charge >= 0.3 is 0 Å². The molecule has 1 spiro atoms. The summed E-state index contributed by atoms with van der Waals surface area (Å²) >= 11 is 0. The van der Waals surface area contributed by atoms with Crippen molar-refractivity contribution in [2.24, 2.45) is 5.92 Å². The minimum atomic E-state index is -0.165. The van der Waals surface area contributed by atoms with Gasteiger partial charge in [-0.25, -0.2) is 4.39 Å². The highest BCUT2D eigenvalue weighted by Gasteiger charge is 2.45. The summed E-state index contributed by atoms with van der Waals surface area (Å²) in [6.45, 7) is 3.42. The van der Waals surface area contributed by atoms with E-state index in [0.717, 1.165) is 64.8 Å². The first kappa shape index (κ1) is 21.4. The van der Waals surface area contributed by atoms with Crippen molar-refractivity contribution in [1.82, 2.24) is 9.80 Å². The van der Waals surface area contributed by atoms with Crippen molar-refractivity contribution >= 4 is 5.91 Å². The van der Waals surface area contributed by atoms with Crippen LogP contribution in [0.25, 0.3) is 0 Å². The molecule has 1 amide bonds. The Labute approximate surface area is 186 Å². The van der Waals surface area contributed by atoms with Crippen molar-refractivity contribution in [2.45, 2.75) is 94.9 Å². The lowest BCUT2D eigenvalue weighted by Gasteiger charge is -2.49. The number of nitrogens with zero attached hydrogens (tertiary/aromatic N) is 2. The summed E-state index contributed by atoms with van der Waals surface area (Å²) in [5, 5.41) is 0. The van der Waals surface area contributed by atoms with E-state index in [1.54, 1.807) is 12.1 Å². The van der Waals surface area contributed by atoms with Crippen LogP contribution in [-0.2, 0) is 16.1 Å². The van der Waals surface area contributed by atoms with E-state index < -0.39 is 0 Å². The van der Waals surface area contributed by atoms with Gasteiger partial charge in [-0.1, -0.05) is 31.4 Å². The Hall–Kier alpha value is -1.46. The Morgan fingerprint density at radius 1 is 1.00 bits per heavy atom. The number of piperidine rings is 1. The van der Waals surface area contributed by atoms with Crippen LogP contribution in [0.1, 0.15) is 76.2 Å². The van der Waals surface area contributed by atoms with Gasteiger partial charge in [0.25, 0.3) is 0 Å². The summed E-state index contributed by atoms with van der Waals surface area (Å²) in [7, 11) is 0. The Morgan fingerprint density at radius 2 is 1.71 bits per heavy atom. The molecule has 31 heavy (non-hydrogen) atoms. The largest absolute Gasteiger partial charge is 0.375 e. The minimum absolute atomic E-state index is 0.0673. The maximum atomic E-state index is 13.3. The summed E-state index contributed by atoms with van der Waals surface area (Å²) in [4.78, 5) is 17.8. The van der Waals surface area contributed by atoms with Crippen LogP contribution in [0.4, 0.5) is 4.39 Å². The molecular formula is C26H37FN2O2. The molecule has 4 fully saturated rings. The molecule has 1 unspecified atom stereocenters. The Bertz CT molecular complexity index is 749. The van der Waals surface area contributed by atoms with E-state index >= 15 is 0 Å². The first-order chi connectivity index (χ1) is 15.1. The lowest BCUT2D eigenvalue weighted by molar-refractivity contribution is -0.153. The number of amides is 1. The highest BCUT2D eigenvalue weighted by atomic mass is 19.1. The molecule has 170 valence electrons.